The Hall–Kier alpha value is -1.40. The van der Waals surface area contributed by atoms with E-state index < -0.39 is 16.1 Å². The second kappa shape index (κ2) is 8.32. The van der Waals surface area contributed by atoms with Gasteiger partial charge in [0.25, 0.3) is 0 Å². The Kier molecular flexibility index (Phi) is 6.12. The van der Waals surface area contributed by atoms with Gasteiger partial charge in [0.2, 0.25) is 15.9 Å². The molecule has 2 aliphatic rings. The lowest BCUT2D eigenvalue weighted by Gasteiger charge is -2.23. The summed E-state index contributed by atoms with van der Waals surface area (Å²) in [5.74, 6) is 0.142. The van der Waals surface area contributed by atoms with Gasteiger partial charge in [0.05, 0.1) is 5.75 Å². The highest BCUT2D eigenvalue weighted by Gasteiger charge is 2.31. The van der Waals surface area contributed by atoms with E-state index in [1.54, 1.807) is 0 Å². The van der Waals surface area contributed by atoms with E-state index in [2.05, 4.69) is 10.0 Å². The SMILES string of the molecule is O=C(NC1CC1)C(Cc1ccccc1)NS(=O)(=O)CC1CCCCC1. The molecular formula is C19H28N2O3S. The summed E-state index contributed by atoms with van der Waals surface area (Å²) in [4.78, 5) is 12.5. The third-order valence-electron chi connectivity index (χ3n) is 5.02. The van der Waals surface area contributed by atoms with E-state index in [0.29, 0.717) is 6.42 Å². The van der Waals surface area contributed by atoms with Crippen molar-refractivity contribution >= 4 is 15.9 Å². The summed E-state index contributed by atoms with van der Waals surface area (Å²) in [7, 11) is -3.47. The zero-order valence-corrected chi connectivity index (χ0v) is 15.4. The van der Waals surface area contributed by atoms with Crippen LogP contribution in [0.2, 0.25) is 0 Å². The third-order valence-corrected chi connectivity index (χ3v) is 6.58. The zero-order chi connectivity index (χ0) is 17.7. The molecule has 6 heteroatoms. The van der Waals surface area contributed by atoms with Crippen LogP contribution in [0.4, 0.5) is 0 Å². The maximum absolute atomic E-state index is 12.6. The molecule has 2 fully saturated rings. The van der Waals surface area contributed by atoms with Gasteiger partial charge in [-0.1, -0.05) is 49.6 Å². The summed E-state index contributed by atoms with van der Waals surface area (Å²) >= 11 is 0. The van der Waals surface area contributed by atoms with Gasteiger partial charge in [-0.25, -0.2) is 13.1 Å². The average Bonchev–Trinajstić information content (AvgIpc) is 3.39. The van der Waals surface area contributed by atoms with E-state index >= 15 is 0 Å². The van der Waals surface area contributed by atoms with E-state index in [4.69, 9.17) is 0 Å². The zero-order valence-electron chi connectivity index (χ0n) is 14.6. The van der Waals surface area contributed by atoms with Crippen molar-refractivity contribution in [2.24, 2.45) is 5.92 Å². The number of carbonyl (C=O) groups excluding carboxylic acids is 1. The number of benzene rings is 1. The highest BCUT2D eigenvalue weighted by molar-refractivity contribution is 7.89. The monoisotopic (exact) mass is 364 g/mol. The largest absolute Gasteiger partial charge is 0.352 e. The van der Waals surface area contributed by atoms with Gasteiger partial charge in [-0.2, -0.15) is 0 Å². The minimum Gasteiger partial charge on any atom is -0.352 e. The van der Waals surface area contributed by atoms with Crippen molar-refractivity contribution in [3.05, 3.63) is 35.9 Å². The van der Waals surface area contributed by atoms with Gasteiger partial charge < -0.3 is 5.32 Å². The Morgan fingerprint density at radius 1 is 1.04 bits per heavy atom. The smallest absolute Gasteiger partial charge is 0.238 e. The molecule has 0 aromatic heterocycles. The predicted octanol–water partition coefficient (Wildman–Crippen LogP) is 2.38. The number of nitrogens with one attached hydrogen (secondary N) is 2. The first-order chi connectivity index (χ1) is 12.0. The maximum Gasteiger partial charge on any atom is 0.238 e. The van der Waals surface area contributed by atoms with Crippen LogP contribution in [0.1, 0.15) is 50.5 Å². The highest BCUT2D eigenvalue weighted by Crippen LogP contribution is 2.25. The second-order valence-corrected chi connectivity index (χ2v) is 9.23. The van der Waals surface area contributed by atoms with Crippen molar-refractivity contribution in [1.29, 1.82) is 0 Å². The normalized spacial score (nSPS) is 20.2. The molecule has 0 spiro atoms. The summed E-state index contributed by atoms with van der Waals surface area (Å²) in [6.45, 7) is 0. The second-order valence-electron chi connectivity index (χ2n) is 7.43. The molecule has 1 aromatic carbocycles. The molecule has 1 atom stereocenters. The van der Waals surface area contributed by atoms with Crippen LogP contribution in [-0.2, 0) is 21.2 Å². The van der Waals surface area contributed by atoms with Gasteiger partial charge in [0, 0.05) is 6.04 Å². The van der Waals surface area contributed by atoms with E-state index in [9.17, 15) is 13.2 Å². The highest BCUT2D eigenvalue weighted by atomic mass is 32.2. The van der Waals surface area contributed by atoms with Crippen molar-refractivity contribution in [1.82, 2.24) is 10.0 Å². The van der Waals surface area contributed by atoms with Crippen molar-refractivity contribution in [2.75, 3.05) is 5.75 Å². The molecule has 0 saturated heterocycles. The number of sulfonamides is 1. The van der Waals surface area contributed by atoms with Crippen LogP contribution < -0.4 is 10.0 Å². The van der Waals surface area contributed by atoms with Crippen LogP contribution >= 0.6 is 0 Å². The van der Waals surface area contributed by atoms with Crippen molar-refractivity contribution in [3.8, 4) is 0 Å². The topological polar surface area (TPSA) is 75.3 Å². The Bertz CT molecular complexity index is 665. The van der Waals surface area contributed by atoms with Crippen molar-refractivity contribution in [3.63, 3.8) is 0 Å². The lowest BCUT2D eigenvalue weighted by Crippen LogP contribution is -2.49. The van der Waals surface area contributed by atoms with Crippen molar-refractivity contribution < 1.29 is 13.2 Å². The Labute approximate surface area is 150 Å². The Morgan fingerprint density at radius 2 is 1.72 bits per heavy atom. The van der Waals surface area contributed by atoms with Crippen molar-refractivity contribution in [2.45, 2.75) is 63.5 Å². The number of hydrogen-bond acceptors (Lipinski definition) is 3. The van der Waals surface area contributed by atoms with Crippen LogP contribution in [0.15, 0.2) is 30.3 Å². The first-order valence-corrected chi connectivity index (χ1v) is 11.0. The molecule has 1 unspecified atom stereocenters. The van der Waals surface area contributed by atoms with E-state index in [-0.39, 0.29) is 23.6 Å². The fourth-order valence-corrected chi connectivity index (χ4v) is 5.17. The van der Waals surface area contributed by atoms with Gasteiger partial charge in [-0.15, -0.1) is 0 Å². The first kappa shape index (κ1) is 18.4. The molecule has 2 aliphatic carbocycles. The van der Waals surface area contributed by atoms with E-state index in [0.717, 1.165) is 44.1 Å². The number of amides is 1. The fraction of sp³-hybridized carbons (Fsp3) is 0.632. The number of hydrogen-bond donors (Lipinski definition) is 2. The third kappa shape index (κ3) is 6.12. The molecule has 0 bridgehead atoms. The van der Waals surface area contributed by atoms with Crippen LogP contribution in [0.5, 0.6) is 0 Å². The van der Waals surface area contributed by atoms with Crippen LogP contribution in [0.25, 0.3) is 0 Å². The van der Waals surface area contributed by atoms with Crippen LogP contribution in [-0.4, -0.2) is 32.2 Å². The van der Waals surface area contributed by atoms with E-state index in [1.807, 2.05) is 30.3 Å². The quantitative estimate of drug-likeness (QED) is 0.744. The Balaban J connectivity index is 1.65. The molecule has 2 N–H and O–H groups in total. The molecular weight excluding hydrogens is 336 g/mol. The lowest BCUT2D eigenvalue weighted by molar-refractivity contribution is -0.122. The van der Waals surface area contributed by atoms with Gasteiger partial charge in [0.15, 0.2) is 0 Å². The molecule has 2 saturated carbocycles. The standard InChI is InChI=1S/C19H28N2O3S/c22-19(20-17-11-12-17)18(13-15-7-3-1-4-8-15)21-25(23,24)14-16-9-5-2-6-10-16/h1,3-4,7-8,16-18,21H,2,5-6,9-14H2,(H,20,22). The van der Waals surface area contributed by atoms with Gasteiger partial charge >= 0.3 is 0 Å². The average molecular weight is 365 g/mol. The molecule has 0 heterocycles. The van der Waals surface area contributed by atoms with Crippen LogP contribution in [0, 0.1) is 5.92 Å². The number of carbonyl (C=O) groups is 1. The van der Waals surface area contributed by atoms with Gasteiger partial charge in [-0.3, -0.25) is 4.79 Å². The summed E-state index contributed by atoms with van der Waals surface area (Å²) < 4.78 is 27.9. The minimum absolute atomic E-state index is 0.134. The first-order valence-electron chi connectivity index (χ1n) is 9.36. The molecule has 0 radical (unpaired) electrons. The van der Waals surface area contributed by atoms with Crippen LogP contribution in [0.3, 0.4) is 0 Å². The molecule has 1 aromatic rings. The maximum atomic E-state index is 12.6. The fourth-order valence-electron chi connectivity index (χ4n) is 3.50. The lowest BCUT2D eigenvalue weighted by atomic mass is 9.91. The molecule has 0 aliphatic heterocycles. The molecule has 5 nitrogen and oxygen atoms in total. The van der Waals surface area contributed by atoms with Gasteiger partial charge in [0.1, 0.15) is 6.04 Å². The summed E-state index contributed by atoms with van der Waals surface area (Å²) in [6, 6.07) is 9.05. The summed E-state index contributed by atoms with van der Waals surface area (Å²) in [5.41, 5.74) is 0.957. The minimum atomic E-state index is -3.47. The summed E-state index contributed by atoms with van der Waals surface area (Å²) in [5, 5.41) is 2.93. The van der Waals surface area contributed by atoms with Gasteiger partial charge in [-0.05, 0) is 43.6 Å². The summed E-state index contributed by atoms with van der Waals surface area (Å²) in [6.07, 6.45) is 7.70. The molecule has 1 amide bonds. The predicted molar refractivity (Wildman–Crippen MR) is 98.6 cm³/mol. The Morgan fingerprint density at radius 3 is 2.36 bits per heavy atom. The molecule has 3 rings (SSSR count). The van der Waals surface area contributed by atoms with E-state index in [1.165, 1.54) is 6.42 Å². The molecule has 25 heavy (non-hydrogen) atoms. The molecule has 138 valence electrons. The number of rotatable bonds is 8.